The topological polar surface area (TPSA) is 44.1 Å². The predicted molar refractivity (Wildman–Crippen MR) is 58.6 cm³/mol. The minimum absolute atomic E-state index is 0.202. The Morgan fingerprint density at radius 2 is 2.27 bits per heavy atom. The number of amides is 1. The van der Waals surface area contributed by atoms with Gasteiger partial charge >= 0.3 is 0 Å². The molecule has 0 N–H and O–H groups in total. The van der Waals surface area contributed by atoms with Gasteiger partial charge in [-0.2, -0.15) is 5.26 Å². The highest BCUT2D eigenvalue weighted by atomic mass is 35.5. The van der Waals surface area contributed by atoms with E-state index in [4.69, 9.17) is 16.9 Å². The molecule has 0 bridgehead atoms. The van der Waals surface area contributed by atoms with Gasteiger partial charge in [0.15, 0.2) is 0 Å². The zero-order chi connectivity index (χ0) is 11.4. The van der Waals surface area contributed by atoms with Crippen molar-refractivity contribution in [3.05, 3.63) is 34.9 Å². The van der Waals surface area contributed by atoms with Crippen LogP contribution in [-0.2, 0) is 0 Å². The first kappa shape index (κ1) is 11.5. The van der Waals surface area contributed by atoms with E-state index in [0.717, 1.165) is 0 Å². The Kier molecular flexibility index (Phi) is 3.70. The molecule has 1 aromatic carbocycles. The van der Waals surface area contributed by atoms with E-state index in [1.54, 1.807) is 38.2 Å². The third-order valence-corrected chi connectivity index (χ3v) is 2.39. The van der Waals surface area contributed by atoms with Crippen molar-refractivity contribution in [3.63, 3.8) is 0 Å². The first-order chi connectivity index (χ1) is 7.06. The largest absolute Gasteiger partial charge is 0.326 e. The van der Waals surface area contributed by atoms with Gasteiger partial charge < -0.3 is 4.90 Å². The maximum absolute atomic E-state index is 11.8. The summed E-state index contributed by atoms with van der Waals surface area (Å²) < 4.78 is 0. The molecule has 0 fully saturated rings. The maximum Gasteiger partial charge on any atom is 0.254 e. The monoisotopic (exact) mass is 222 g/mol. The normalized spacial score (nSPS) is 11.6. The molecular formula is C11H11ClN2O. The third kappa shape index (κ3) is 2.71. The van der Waals surface area contributed by atoms with Crippen LogP contribution >= 0.6 is 11.6 Å². The van der Waals surface area contributed by atoms with Crippen molar-refractivity contribution in [2.75, 3.05) is 7.05 Å². The number of rotatable bonds is 2. The van der Waals surface area contributed by atoms with E-state index in [9.17, 15) is 4.79 Å². The van der Waals surface area contributed by atoms with Crippen molar-refractivity contribution in [2.24, 2.45) is 0 Å². The lowest BCUT2D eigenvalue weighted by molar-refractivity contribution is 0.0773. The average Bonchev–Trinajstić information content (AvgIpc) is 2.26. The fourth-order valence-electron chi connectivity index (χ4n) is 1.09. The van der Waals surface area contributed by atoms with Crippen LogP contribution in [-0.4, -0.2) is 23.9 Å². The summed E-state index contributed by atoms with van der Waals surface area (Å²) in [6, 6.07) is 8.23. The van der Waals surface area contributed by atoms with Crippen LogP contribution in [0.2, 0.25) is 5.02 Å². The van der Waals surface area contributed by atoms with Gasteiger partial charge in [-0.15, -0.1) is 0 Å². The zero-order valence-corrected chi connectivity index (χ0v) is 9.32. The number of halogens is 1. The third-order valence-electron chi connectivity index (χ3n) is 2.16. The zero-order valence-electron chi connectivity index (χ0n) is 8.57. The van der Waals surface area contributed by atoms with Gasteiger partial charge in [-0.1, -0.05) is 17.7 Å². The molecule has 4 heteroatoms. The average molecular weight is 223 g/mol. The van der Waals surface area contributed by atoms with Gasteiger partial charge in [-0.25, -0.2) is 0 Å². The summed E-state index contributed by atoms with van der Waals surface area (Å²) >= 11 is 5.77. The number of carbonyl (C=O) groups excluding carboxylic acids is 1. The molecule has 0 saturated carbocycles. The number of benzene rings is 1. The molecule has 0 saturated heterocycles. The molecule has 1 amide bonds. The standard InChI is InChI=1S/C11H11ClN2O/c1-8(7-13)14(2)11(15)9-4-3-5-10(12)6-9/h3-6,8H,1-2H3. The van der Waals surface area contributed by atoms with Crippen molar-refractivity contribution < 1.29 is 4.79 Å². The molecule has 1 unspecified atom stereocenters. The molecule has 1 aromatic rings. The fraction of sp³-hybridized carbons (Fsp3) is 0.273. The van der Waals surface area contributed by atoms with E-state index in [1.807, 2.05) is 6.07 Å². The van der Waals surface area contributed by atoms with Gasteiger partial charge in [0, 0.05) is 17.6 Å². The quantitative estimate of drug-likeness (QED) is 0.771. The summed E-state index contributed by atoms with van der Waals surface area (Å²) in [6.45, 7) is 1.67. The summed E-state index contributed by atoms with van der Waals surface area (Å²) in [6.07, 6.45) is 0. The Morgan fingerprint density at radius 3 is 2.80 bits per heavy atom. The van der Waals surface area contributed by atoms with Crippen molar-refractivity contribution in [3.8, 4) is 6.07 Å². The predicted octanol–water partition coefficient (Wildman–Crippen LogP) is 2.32. The van der Waals surface area contributed by atoms with Crippen LogP contribution in [0, 0.1) is 11.3 Å². The van der Waals surface area contributed by atoms with Crippen molar-refractivity contribution in [2.45, 2.75) is 13.0 Å². The van der Waals surface area contributed by atoms with Gasteiger partial charge in [0.2, 0.25) is 0 Å². The van der Waals surface area contributed by atoms with E-state index in [-0.39, 0.29) is 5.91 Å². The summed E-state index contributed by atoms with van der Waals surface area (Å²) in [7, 11) is 1.59. The van der Waals surface area contributed by atoms with E-state index >= 15 is 0 Å². The van der Waals surface area contributed by atoms with Crippen molar-refractivity contribution in [1.29, 1.82) is 5.26 Å². The number of hydrogen-bond acceptors (Lipinski definition) is 2. The molecule has 0 spiro atoms. The molecule has 3 nitrogen and oxygen atoms in total. The molecule has 1 atom stereocenters. The maximum atomic E-state index is 11.8. The summed E-state index contributed by atoms with van der Waals surface area (Å²) in [5.74, 6) is -0.202. The highest BCUT2D eigenvalue weighted by Gasteiger charge is 2.16. The highest BCUT2D eigenvalue weighted by molar-refractivity contribution is 6.30. The molecule has 15 heavy (non-hydrogen) atoms. The minimum atomic E-state index is -0.448. The molecule has 78 valence electrons. The van der Waals surface area contributed by atoms with Gasteiger partial charge in [-0.05, 0) is 25.1 Å². The summed E-state index contributed by atoms with van der Waals surface area (Å²) in [5.41, 5.74) is 0.493. The second-order valence-electron chi connectivity index (χ2n) is 3.23. The lowest BCUT2D eigenvalue weighted by Crippen LogP contribution is -2.33. The number of nitrogens with zero attached hydrogens (tertiary/aromatic N) is 2. The second kappa shape index (κ2) is 4.81. The van der Waals surface area contributed by atoms with Gasteiger partial charge in [0.1, 0.15) is 6.04 Å². The Labute approximate surface area is 93.9 Å². The van der Waals surface area contributed by atoms with Crippen LogP contribution in [0.15, 0.2) is 24.3 Å². The SMILES string of the molecule is CC(C#N)N(C)C(=O)c1cccc(Cl)c1. The van der Waals surface area contributed by atoms with E-state index in [1.165, 1.54) is 4.90 Å². The Hall–Kier alpha value is -1.53. The second-order valence-corrected chi connectivity index (χ2v) is 3.67. The van der Waals surface area contributed by atoms with Crippen LogP contribution in [0.5, 0.6) is 0 Å². The van der Waals surface area contributed by atoms with Crippen LogP contribution in [0.4, 0.5) is 0 Å². The molecule has 1 rings (SSSR count). The molecule has 0 aliphatic heterocycles. The Morgan fingerprint density at radius 1 is 1.60 bits per heavy atom. The molecular weight excluding hydrogens is 212 g/mol. The van der Waals surface area contributed by atoms with Crippen LogP contribution in [0.3, 0.4) is 0 Å². The highest BCUT2D eigenvalue weighted by Crippen LogP contribution is 2.13. The number of nitriles is 1. The molecule has 0 aliphatic carbocycles. The van der Waals surface area contributed by atoms with Gasteiger partial charge in [-0.3, -0.25) is 4.79 Å². The van der Waals surface area contributed by atoms with Gasteiger partial charge in [0.25, 0.3) is 5.91 Å². The summed E-state index contributed by atoms with van der Waals surface area (Å²) in [4.78, 5) is 13.2. The number of carbonyl (C=O) groups is 1. The first-order valence-corrected chi connectivity index (χ1v) is 4.86. The van der Waals surface area contributed by atoms with Crippen LogP contribution in [0.25, 0.3) is 0 Å². The van der Waals surface area contributed by atoms with Crippen molar-refractivity contribution in [1.82, 2.24) is 4.90 Å². The molecule has 0 radical (unpaired) electrons. The van der Waals surface area contributed by atoms with E-state index in [2.05, 4.69) is 0 Å². The van der Waals surface area contributed by atoms with Crippen LogP contribution < -0.4 is 0 Å². The smallest absolute Gasteiger partial charge is 0.254 e. The molecule has 0 heterocycles. The number of hydrogen-bond donors (Lipinski definition) is 0. The summed E-state index contributed by atoms with van der Waals surface area (Å²) in [5, 5.41) is 9.20. The van der Waals surface area contributed by atoms with E-state index in [0.29, 0.717) is 10.6 Å². The fourth-order valence-corrected chi connectivity index (χ4v) is 1.28. The van der Waals surface area contributed by atoms with Crippen molar-refractivity contribution >= 4 is 17.5 Å². The first-order valence-electron chi connectivity index (χ1n) is 4.48. The van der Waals surface area contributed by atoms with E-state index < -0.39 is 6.04 Å². The molecule has 0 aromatic heterocycles. The lowest BCUT2D eigenvalue weighted by Gasteiger charge is -2.19. The lowest BCUT2D eigenvalue weighted by atomic mass is 10.2. The van der Waals surface area contributed by atoms with Gasteiger partial charge in [0.05, 0.1) is 6.07 Å². The Bertz CT molecular complexity index is 411. The Balaban J connectivity index is 2.91. The minimum Gasteiger partial charge on any atom is -0.326 e. The van der Waals surface area contributed by atoms with Crippen LogP contribution in [0.1, 0.15) is 17.3 Å². The molecule has 0 aliphatic rings.